The third kappa shape index (κ3) is 4.39. The first kappa shape index (κ1) is 29.4. The summed E-state index contributed by atoms with van der Waals surface area (Å²) in [4.78, 5) is 14.2. The molecule has 0 saturated heterocycles. The maximum absolute atomic E-state index is 6.64. The molecule has 6 heteroatoms. The lowest BCUT2D eigenvalue weighted by Crippen LogP contribution is -1.98. The first-order valence-corrected chi connectivity index (χ1v) is 17.2. The molecule has 5 heterocycles. The standard InChI is InChI=1S/C45H33N5O/c1-26-7-5-8-27(2)42(26)30-11-14-35-33-15-12-32(23-38(33)45-48-25-41(50(45)39(35)21-30)43-28(3)9-6-10-29(43)4)51-31-13-16-34-36-17-18-46-24-40(36)49-20-19-47-44(49)37(34)22-31/h5-25H,1-4H3. The summed E-state index contributed by atoms with van der Waals surface area (Å²) in [6.45, 7) is 8.74. The summed E-state index contributed by atoms with van der Waals surface area (Å²) in [5.41, 5.74) is 13.7. The van der Waals surface area contributed by atoms with Crippen LogP contribution in [0.5, 0.6) is 11.5 Å². The predicted molar refractivity (Wildman–Crippen MR) is 208 cm³/mol. The van der Waals surface area contributed by atoms with Gasteiger partial charge in [0.15, 0.2) is 0 Å². The van der Waals surface area contributed by atoms with E-state index in [-0.39, 0.29) is 0 Å². The molecule has 0 aliphatic carbocycles. The van der Waals surface area contributed by atoms with Gasteiger partial charge in [-0.05, 0) is 120 Å². The number of imidazole rings is 2. The van der Waals surface area contributed by atoms with Crippen LogP contribution in [0.1, 0.15) is 22.3 Å². The van der Waals surface area contributed by atoms with Crippen molar-refractivity contribution >= 4 is 54.6 Å². The van der Waals surface area contributed by atoms with E-state index in [1.807, 2.05) is 37.1 Å². The summed E-state index contributed by atoms with van der Waals surface area (Å²) in [5, 5.41) is 6.59. The first-order chi connectivity index (χ1) is 24.9. The minimum absolute atomic E-state index is 0.745. The van der Waals surface area contributed by atoms with Crippen LogP contribution in [0.2, 0.25) is 0 Å². The Morgan fingerprint density at radius 2 is 1.14 bits per heavy atom. The maximum atomic E-state index is 6.64. The molecule has 0 amide bonds. The van der Waals surface area contributed by atoms with Gasteiger partial charge in [0.1, 0.15) is 22.8 Å². The highest BCUT2D eigenvalue weighted by atomic mass is 16.5. The van der Waals surface area contributed by atoms with E-state index < -0.39 is 0 Å². The van der Waals surface area contributed by atoms with Crippen molar-refractivity contribution in [2.45, 2.75) is 27.7 Å². The largest absolute Gasteiger partial charge is 0.457 e. The summed E-state index contributed by atoms with van der Waals surface area (Å²) in [7, 11) is 0. The number of aryl methyl sites for hydroxylation is 4. The lowest BCUT2D eigenvalue weighted by Gasteiger charge is -2.17. The third-order valence-electron chi connectivity index (χ3n) is 10.5. The predicted octanol–water partition coefficient (Wildman–Crippen LogP) is 11.3. The Kier molecular flexibility index (Phi) is 6.33. The van der Waals surface area contributed by atoms with Gasteiger partial charge in [-0.2, -0.15) is 0 Å². The molecular formula is C45H33N5O. The lowest BCUT2D eigenvalue weighted by atomic mass is 9.94. The van der Waals surface area contributed by atoms with E-state index in [1.165, 1.54) is 44.3 Å². The van der Waals surface area contributed by atoms with Crippen LogP contribution in [-0.2, 0) is 0 Å². The SMILES string of the molecule is Cc1cccc(C)c1-c1ccc2c3ccc(Oc4ccc5c6ccncc6n6ccnc6c5c4)cc3c3ncc(-c4c(C)cccc4C)n3c2c1. The fraction of sp³-hybridized carbons (Fsp3) is 0.0889. The molecular weight excluding hydrogens is 627 g/mol. The van der Waals surface area contributed by atoms with Gasteiger partial charge in [0, 0.05) is 45.7 Å². The maximum Gasteiger partial charge on any atom is 0.145 e. The second-order valence-corrected chi connectivity index (χ2v) is 13.6. The molecule has 0 N–H and O–H groups in total. The summed E-state index contributed by atoms with van der Waals surface area (Å²) < 4.78 is 11.1. The Balaban J connectivity index is 1.19. The van der Waals surface area contributed by atoms with Gasteiger partial charge < -0.3 is 4.74 Å². The lowest BCUT2D eigenvalue weighted by molar-refractivity contribution is 0.484. The summed E-state index contributed by atoms with van der Waals surface area (Å²) >= 11 is 0. The van der Waals surface area contributed by atoms with Gasteiger partial charge in [0.25, 0.3) is 0 Å². The van der Waals surface area contributed by atoms with Crippen LogP contribution in [0.15, 0.2) is 128 Å². The van der Waals surface area contributed by atoms with Crippen LogP contribution in [-0.4, -0.2) is 23.8 Å². The van der Waals surface area contributed by atoms with Crippen molar-refractivity contribution < 1.29 is 4.74 Å². The van der Waals surface area contributed by atoms with Crippen LogP contribution < -0.4 is 4.74 Å². The molecule has 0 bridgehead atoms. The smallest absolute Gasteiger partial charge is 0.145 e. The van der Waals surface area contributed by atoms with E-state index in [0.717, 1.165) is 66.5 Å². The van der Waals surface area contributed by atoms with Crippen LogP contribution in [0.4, 0.5) is 0 Å². The van der Waals surface area contributed by atoms with Gasteiger partial charge in [0.2, 0.25) is 0 Å². The fourth-order valence-electron chi connectivity index (χ4n) is 8.20. The Morgan fingerprint density at radius 3 is 1.84 bits per heavy atom. The number of aromatic nitrogens is 5. The van der Waals surface area contributed by atoms with Crippen molar-refractivity contribution in [1.29, 1.82) is 0 Å². The van der Waals surface area contributed by atoms with Gasteiger partial charge in [-0.15, -0.1) is 0 Å². The molecule has 0 aliphatic heterocycles. The van der Waals surface area contributed by atoms with Crippen molar-refractivity contribution in [2.24, 2.45) is 0 Å². The molecule has 5 aromatic carbocycles. The highest BCUT2D eigenvalue weighted by molar-refractivity contribution is 6.14. The molecule has 0 radical (unpaired) electrons. The Hall–Kier alpha value is -6.53. The third-order valence-corrected chi connectivity index (χ3v) is 10.5. The molecule has 0 saturated carbocycles. The molecule has 6 nitrogen and oxygen atoms in total. The number of nitrogens with zero attached hydrogens (tertiary/aromatic N) is 5. The van der Waals surface area contributed by atoms with Gasteiger partial charge in [-0.3, -0.25) is 13.8 Å². The average molecular weight is 660 g/mol. The fourth-order valence-corrected chi connectivity index (χ4v) is 8.20. The molecule has 0 unspecified atom stereocenters. The molecule has 5 aromatic heterocycles. The van der Waals surface area contributed by atoms with Crippen molar-refractivity contribution in [2.75, 3.05) is 0 Å². The number of benzene rings is 5. The summed E-state index contributed by atoms with van der Waals surface area (Å²) in [6, 6.07) is 34.5. The van der Waals surface area contributed by atoms with Crippen LogP contribution in [0.25, 0.3) is 77.0 Å². The monoisotopic (exact) mass is 659 g/mol. The van der Waals surface area contributed by atoms with Crippen molar-refractivity contribution in [3.8, 4) is 33.9 Å². The van der Waals surface area contributed by atoms with E-state index in [1.54, 1.807) is 0 Å². The normalized spacial score (nSPS) is 11.9. The van der Waals surface area contributed by atoms with Crippen molar-refractivity contribution in [1.82, 2.24) is 23.8 Å². The summed E-state index contributed by atoms with van der Waals surface area (Å²) in [6.07, 6.45) is 9.56. The minimum atomic E-state index is 0.745. The topological polar surface area (TPSA) is 56.7 Å². The Bertz CT molecular complexity index is 3020. The zero-order valence-electron chi connectivity index (χ0n) is 28.8. The van der Waals surface area contributed by atoms with Crippen LogP contribution in [0, 0.1) is 27.7 Å². The van der Waals surface area contributed by atoms with E-state index in [4.69, 9.17) is 14.7 Å². The molecule has 10 aromatic rings. The Labute approximate surface area is 294 Å². The number of hydrogen-bond acceptors (Lipinski definition) is 4. The second-order valence-electron chi connectivity index (χ2n) is 13.6. The average Bonchev–Trinajstić information content (AvgIpc) is 3.81. The zero-order chi connectivity index (χ0) is 34.4. The van der Waals surface area contributed by atoms with Gasteiger partial charge in [-0.25, -0.2) is 9.97 Å². The quantitative estimate of drug-likeness (QED) is 0.176. The molecule has 0 aliphatic rings. The molecule has 51 heavy (non-hydrogen) atoms. The number of hydrogen-bond donors (Lipinski definition) is 0. The number of pyridine rings is 3. The second kappa shape index (κ2) is 11.0. The van der Waals surface area contributed by atoms with E-state index in [0.29, 0.717) is 0 Å². The van der Waals surface area contributed by atoms with Gasteiger partial charge in [-0.1, -0.05) is 48.5 Å². The van der Waals surface area contributed by atoms with E-state index in [2.05, 4.69) is 132 Å². The zero-order valence-corrected chi connectivity index (χ0v) is 28.8. The molecule has 244 valence electrons. The highest BCUT2D eigenvalue weighted by Gasteiger charge is 2.19. The number of fused-ring (bicyclic) bond motifs is 12. The first-order valence-electron chi connectivity index (χ1n) is 17.2. The van der Waals surface area contributed by atoms with Gasteiger partial charge in [0.05, 0.1) is 29.1 Å². The van der Waals surface area contributed by atoms with Crippen molar-refractivity contribution in [3.63, 3.8) is 0 Å². The number of rotatable bonds is 4. The minimum Gasteiger partial charge on any atom is -0.457 e. The molecule has 10 rings (SSSR count). The Morgan fingerprint density at radius 1 is 0.510 bits per heavy atom. The van der Waals surface area contributed by atoms with Crippen LogP contribution in [0.3, 0.4) is 0 Å². The molecule has 0 spiro atoms. The highest BCUT2D eigenvalue weighted by Crippen LogP contribution is 2.40. The molecule has 0 fully saturated rings. The van der Waals surface area contributed by atoms with Crippen LogP contribution >= 0.6 is 0 Å². The van der Waals surface area contributed by atoms with E-state index in [9.17, 15) is 0 Å². The van der Waals surface area contributed by atoms with Gasteiger partial charge >= 0.3 is 0 Å². The van der Waals surface area contributed by atoms with E-state index >= 15 is 0 Å². The van der Waals surface area contributed by atoms with Crippen molar-refractivity contribution in [3.05, 3.63) is 150 Å². The molecule has 0 atom stereocenters. The number of ether oxygens (including phenoxy) is 1. The summed E-state index contributed by atoms with van der Waals surface area (Å²) in [5.74, 6) is 1.49.